The summed E-state index contributed by atoms with van der Waals surface area (Å²) in [6.45, 7) is 0.883. The fraction of sp³-hybridized carbons (Fsp3) is 0.250. The highest BCUT2D eigenvalue weighted by Crippen LogP contribution is 2.38. The normalized spacial score (nSPS) is 12.0. The largest absolute Gasteiger partial charge is 0.416 e. The second-order valence-corrected chi connectivity index (χ2v) is 10.0. The Morgan fingerprint density at radius 1 is 1.18 bits per heavy atom. The molecule has 2 aromatic carbocycles. The van der Waals surface area contributed by atoms with Gasteiger partial charge in [0, 0.05) is 37.8 Å². The highest BCUT2D eigenvalue weighted by Gasteiger charge is 2.31. The van der Waals surface area contributed by atoms with Gasteiger partial charge in [0.2, 0.25) is 0 Å². The molecule has 1 heterocycles. The van der Waals surface area contributed by atoms with Gasteiger partial charge in [-0.3, -0.25) is 4.72 Å². The van der Waals surface area contributed by atoms with Crippen LogP contribution in [0.2, 0.25) is 5.02 Å². The van der Waals surface area contributed by atoms with Crippen molar-refractivity contribution in [1.82, 2.24) is 10.3 Å². The molecule has 0 saturated carbocycles. The van der Waals surface area contributed by atoms with Crippen molar-refractivity contribution in [1.29, 1.82) is 0 Å². The maximum atomic E-state index is 14.8. The second kappa shape index (κ2) is 10.3. The summed E-state index contributed by atoms with van der Waals surface area (Å²) in [5, 5.41) is 7.18. The van der Waals surface area contributed by atoms with Crippen LogP contribution in [-0.2, 0) is 16.2 Å². The first-order valence-corrected chi connectivity index (χ1v) is 12.4. The molecule has 0 spiro atoms. The average molecular weight is 538 g/mol. The third kappa shape index (κ3) is 6.09. The molecule has 184 valence electrons. The molecule has 0 unspecified atom stereocenters. The predicted octanol–water partition coefficient (Wildman–Crippen LogP) is 5.15. The number of halogens is 5. The van der Waals surface area contributed by atoms with E-state index in [4.69, 9.17) is 11.6 Å². The molecule has 0 amide bonds. The summed E-state index contributed by atoms with van der Waals surface area (Å²) in [6.07, 6.45) is -3.17. The van der Waals surface area contributed by atoms with Gasteiger partial charge in [0.15, 0.2) is 5.13 Å². The lowest BCUT2D eigenvalue weighted by molar-refractivity contribution is -0.137. The number of benzene rings is 2. The van der Waals surface area contributed by atoms with Gasteiger partial charge in [-0.25, -0.2) is 17.8 Å². The summed E-state index contributed by atoms with van der Waals surface area (Å²) in [7, 11) is -0.989. The molecule has 0 aliphatic rings. The Hall–Kier alpha value is -2.61. The number of thiazole rings is 1. The minimum atomic E-state index is -4.55. The first kappa shape index (κ1) is 26.0. The molecule has 3 N–H and O–H groups in total. The zero-order valence-electron chi connectivity index (χ0n) is 17.9. The standard InChI is InChI=1S/C20H20ClF4N5O2S2/c1-26-5-7-30(2)17-9-12(20(23,24)25)3-4-15(17)28-16-11-14(22)18(10-13(16)21)34(31,32)29-19-27-6-8-33-19/h3-4,6,8-11,26,28H,5,7H2,1-2H3,(H,27,29). The highest BCUT2D eigenvalue weighted by atomic mass is 35.5. The molecule has 3 rings (SSSR count). The molecule has 0 atom stereocenters. The van der Waals surface area contributed by atoms with Crippen molar-refractivity contribution in [3.05, 3.63) is 58.3 Å². The van der Waals surface area contributed by atoms with Crippen molar-refractivity contribution >= 4 is 55.2 Å². The fourth-order valence-electron chi connectivity index (χ4n) is 2.95. The molecule has 0 bridgehead atoms. The Balaban J connectivity index is 1.96. The second-order valence-electron chi connectivity index (χ2n) is 7.09. The van der Waals surface area contributed by atoms with Gasteiger partial charge in [-0.15, -0.1) is 11.3 Å². The molecule has 0 aliphatic carbocycles. The van der Waals surface area contributed by atoms with Gasteiger partial charge in [0.05, 0.1) is 27.6 Å². The maximum Gasteiger partial charge on any atom is 0.416 e. The molecule has 0 aliphatic heterocycles. The Labute approximate surface area is 202 Å². The molecular formula is C20H20ClF4N5O2S2. The van der Waals surface area contributed by atoms with E-state index in [1.165, 1.54) is 12.3 Å². The summed E-state index contributed by atoms with van der Waals surface area (Å²) in [5.41, 5.74) is -0.445. The molecule has 0 radical (unpaired) electrons. The number of likely N-dealkylation sites (N-methyl/N-ethyl adjacent to an activating group) is 2. The molecule has 0 fully saturated rings. The lowest BCUT2D eigenvalue weighted by Gasteiger charge is -2.24. The van der Waals surface area contributed by atoms with Gasteiger partial charge in [-0.1, -0.05) is 11.6 Å². The van der Waals surface area contributed by atoms with E-state index in [2.05, 4.69) is 20.3 Å². The minimum Gasteiger partial charge on any atom is -0.372 e. The van der Waals surface area contributed by atoms with Crippen LogP contribution in [0.1, 0.15) is 5.56 Å². The van der Waals surface area contributed by atoms with Crippen LogP contribution >= 0.6 is 22.9 Å². The van der Waals surface area contributed by atoms with Crippen LogP contribution < -0.4 is 20.3 Å². The smallest absolute Gasteiger partial charge is 0.372 e. The summed E-state index contributed by atoms with van der Waals surface area (Å²) in [6, 6.07) is 4.85. The lowest BCUT2D eigenvalue weighted by atomic mass is 10.1. The van der Waals surface area contributed by atoms with Crippen molar-refractivity contribution in [3.8, 4) is 0 Å². The number of hydrogen-bond donors (Lipinski definition) is 3. The number of nitrogens with one attached hydrogen (secondary N) is 3. The van der Waals surface area contributed by atoms with Gasteiger partial charge in [0.25, 0.3) is 10.0 Å². The maximum absolute atomic E-state index is 14.8. The first-order valence-electron chi connectivity index (χ1n) is 9.67. The van der Waals surface area contributed by atoms with Gasteiger partial charge < -0.3 is 15.5 Å². The van der Waals surface area contributed by atoms with Crippen LogP contribution in [-0.4, -0.2) is 40.6 Å². The van der Waals surface area contributed by atoms with E-state index >= 15 is 0 Å². The van der Waals surface area contributed by atoms with Gasteiger partial charge in [0.1, 0.15) is 10.7 Å². The van der Waals surface area contributed by atoms with Gasteiger partial charge >= 0.3 is 6.18 Å². The molecule has 0 saturated heterocycles. The minimum absolute atomic E-state index is 0.0182. The van der Waals surface area contributed by atoms with Crippen LogP contribution in [0.3, 0.4) is 0 Å². The number of sulfonamides is 1. The van der Waals surface area contributed by atoms with E-state index in [1.54, 1.807) is 24.4 Å². The van der Waals surface area contributed by atoms with Crippen LogP contribution in [0.25, 0.3) is 0 Å². The zero-order chi connectivity index (χ0) is 25.1. The molecule has 1 aromatic heterocycles. The molecule has 34 heavy (non-hydrogen) atoms. The van der Waals surface area contributed by atoms with Crippen LogP contribution in [0.4, 0.5) is 39.8 Å². The van der Waals surface area contributed by atoms with E-state index in [-0.39, 0.29) is 27.2 Å². The molecular weight excluding hydrogens is 518 g/mol. The third-order valence-electron chi connectivity index (χ3n) is 4.67. The van der Waals surface area contributed by atoms with Crippen molar-refractivity contribution in [2.45, 2.75) is 11.1 Å². The molecule has 7 nitrogen and oxygen atoms in total. The zero-order valence-corrected chi connectivity index (χ0v) is 20.3. The SMILES string of the molecule is CNCCN(C)c1cc(C(F)(F)F)ccc1Nc1cc(F)c(S(=O)(=O)Nc2nccs2)cc1Cl. The Bertz CT molecular complexity index is 1250. The topological polar surface area (TPSA) is 86.4 Å². The van der Waals surface area contributed by atoms with Crippen LogP contribution in [0.15, 0.2) is 46.8 Å². The Kier molecular flexibility index (Phi) is 7.91. The summed E-state index contributed by atoms with van der Waals surface area (Å²) in [5.74, 6) is -1.10. The fourth-order valence-corrected chi connectivity index (χ4v) is 5.10. The van der Waals surface area contributed by atoms with E-state index in [1.807, 2.05) is 0 Å². The summed E-state index contributed by atoms with van der Waals surface area (Å²) >= 11 is 7.23. The number of anilines is 4. The quantitative estimate of drug-likeness (QED) is 0.327. The van der Waals surface area contributed by atoms with E-state index in [9.17, 15) is 26.0 Å². The Morgan fingerprint density at radius 3 is 2.53 bits per heavy atom. The highest BCUT2D eigenvalue weighted by molar-refractivity contribution is 7.93. The van der Waals surface area contributed by atoms with Crippen molar-refractivity contribution in [2.24, 2.45) is 0 Å². The number of alkyl halides is 3. The van der Waals surface area contributed by atoms with Crippen LogP contribution in [0.5, 0.6) is 0 Å². The number of aromatic nitrogens is 1. The molecule has 3 aromatic rings. The number of rotatable bonds is 9. The number of nitrogens with zero attached hydrogens (tertiary/aromatic N) is 2. The summed E-state index contributed by atoms with van der Waals surface area (Å²) < 4.78 is 81.8. The van der Waals surface area contributed by atoms with Gasteiger partial charge in [-0.2, -0.15) is 13.2 Å². The third-order valence-corrected chi connectivity index (χ3v) is 7.15. The average Bonchev–Trinajstić information content (AvgIpc) is 3.26. The lowest BCUT2D eigenvalue weighted by Crippen LogP contribution is -2.28. The summed E-state index contributed by atoms with van der Waals surface area (Å²) in [4.78, 5) is 4.69. The monoisotopic (exact) mass is 537 g/mol. The van der Waals surface area contributed by atoms with Crippen LogP contribution in [0, 0.1) is 5.82 Å². The van der Waals surface area contributed by atoms with E-state index in [0.717, 1.165) is 35.6 Å². The van der Waals surface area contributed by atoms with E-state index < -0.39 is 32.5 Å². The predicted molar refractivity (Wildman–Crippen MR) is 126 cm³/mol. The molecule has 14 heteroatoms. The first-order chi connectivity index (χ1) is 15.9. The van der Waals surface area contributed by atoms with E-state index in [0.29, 0.717) is 13.1 Å². The van der Waals surface area contributed by atoms with Gasteiger partial charge in [-0.05, 0) is 31.3 Å². The van der Waals surface area contributed by atoms with Crippen molar-refractivity contribution in [3.63, 3.8) is 0 Å². The van der Waals surface area contributed by atoms with Crippen molar-refractivity contribution in [2.75, 3.05) is 42.1 Å². The number of hydrogen-bond acceptors (Lipinski definition) is 7. The Morgan fingerprint density at radius 2 is 1.91 bits per heavy atom. The van der Waals surface area contributed by atoms with Crippen molar-refractivity contribution < 1.29 is 26.0 Å².